The number of fused-ring (bicyclic) bond motifs is 1. The molecule has 1 N–H and O–H groups in total. The van der Waals surface area contributed by atoms with Crippen LogP contribution >= 0.6 is 0 Å². The van der Waals surface area contributed by atoms with E-state index in [-0.39, 0.29) is 24.1 Å². The maximum Gasteiger partial charge on any atom is 0.268 e. The average Bonchev–Trinajstić information content (AvgIpc) is 3.34. The summed E-state index contributed by atoms with van der Waals surface area (Å²) in [5, 5.41) is 7.98. The van der Waals surface area contributed by atoms with Crippen LogP contribution in [0, 0.1) is 0 Å². The largest absolute Gasteiger partial charge is 0.497 e. The molecule has 1 aliphatic heterocycles. The van der Waals surface area contributed by atoms with Crippen molar-refractivity contribution in [1.82, 2.24) is 15.1 Å². The fourth-order valence-electron chi connectivity index (χ4n) is 4.63. The van der Waals surface area contributed by atoms with Crippen LogP contribution in [0.5, 0.6) is 5.75 Å². The normalized spacial score (nSPS) is 14.8. The maximum atomic E-state index is 13.9. The van der Waals surface area contributed by atoms with Crippen molar-refractivity contribution >= 4 is 46.1 Å². The van der Waals surface area contributed by atoms with Gasteiger partial charge in [-0.05, 0) is 62.4 Å². The summed E-state index contributed by atoms with van der Waals surface area (Å²) in [6.45, 7) is 3.53. The Morgan fingerprint density at radius 3 is 2.35 bits per heavy atom. The molecular formula is C31H29N5O4. The number of ether oxygens (including phenoxy) is 1. The zero-order valence-electron chi connectivity index (χ0n) is 22.4. The summed E-state index contributed by atoms with van der Waals surface area (Å²) < 4.78 is 5.24. The number of carbonyl (C=O) groups excluding carboxylic acids is 3. The fourth-order valence-corrected chi connectivity index (χ4v) is 4.63. The second kappa shape index (κ2) is 11.3. The number of rotatable bonds is 7. The SMILES string of the molecule is COc1ccc(N(C(=O)CN2C=CN(c3ccccc3)C(=O)/C(=C/c3[nH]nc4ccccc34)C2=O)C(C)C)cc1. The minimum absolute atomic E-state index is 0.100. The van der Waals surface area contributed by atoms with Gasteiger partial charge in [0.1, 0.15) is 17.9 Å². The first-order chi connectivity index (χ1) is 19.4. The number of aromatic nitrogens is 2. The topological polar surface area (TPSA) is 98.8 Å². The first kappa shape index (κ1) is 26.4. The molecule has 4 aromatic rings. The van der Waals surface area contributed by atoms with Crippen LogP contribution in [0.3, 0.4) is 0 Å². The van der Waals surface area contributed by atoms with Crippen LogP contribution in [0.1, 0.15) is 19.5 Å². The standard InChI is InChI=1S/C31H29N5O4/c1-21(2)36(23-13-15-24(40-3)16-14-23)29(37)20-34-17-18-35(22-9-5-4-6-10-22)31(39)26(30(34)38)19-28-25-11-7-8-12-27(25)32-33-28/h4-19,21H,20H2,1-3H3,(H,32,33)/b26-19+. The molecule has 2 heterocycles. The molecule has 3 amide bonds. The molecule has 0 atom stereocenters. The van der Waals surface area contributed by atoms with Crippen molar-refractivity contribution in [2.75, 3.05) is 23.5 Å². The third-order valence-corrected chi connectivity index (χ3v) is 6.59. The number of carbonyl (C=O) groups is 3. The molecule has 0 aliphatic carbocycles. The average molecular weight is 536 g/mol. The Morgan fingerprint density at radius 2 is 1.65 bits per heavy atom. The summed E-state index contributed by atoms with van der Waals surface area (Å²) in [6, 6.07) is 23.4. The summed E-state index contributed by atoms with van der Waals surface area (Å²) in [4.78, 5) is 45.6. The van der Waals surface area contributed by atoms with E-state index in [9.17, 15) is 14.4 Å². The van der Waals surface area contributed by atoms with Gasteiger partial charge in [-0.25, -0.2) is 0 Å². The molecule has 40 heavy (non-hydrogen) atoms. The quantitative estimate of drug-likeness (QED) is 0.272. The Hall–Kier alpha value is -5.18. The first-order valence-corrected chi connectivity index (χ1v) is 12.9. The Balaban J connectivity index is 1.52. The lowest BCUT2D eigenvalue weighted by atomic mass is 10.1. The van der Waals surface area contributed by atoms with E-state index in [0.717, 1.165) is 5.39 Å². The van der Waals surface area contributed by atoms with Crippen LogP contribution < -0.4 is 14.5 Å². The van der Waals surface area contributed by atoms with Gasteiger partial charge in [-0.2, -0.15) is 5.10 Å². The van der Waals surface area contributed by atoms with Crippen LogP contribution in [0.15, 0.2) is 96.8 Å². The first-order valence-electron chi connectivity index (χ1n) is 12.9. The third-order valence-electron chi connectivity index (χ3n) is 6.59. The molecule has 5 rings (SSSR count). The number of benzene rings is 3. The van der Waals surface area contributed by atoms with Crippen molar-refractivity contribution in [3.8, 4) is 5.75 Å². The number of amides is 3. The van der Waals surface area contributed by atoms with Crippen LogP contribution in [-0.4, -0.2) is 52.5 Å². The predicted molar refractivity (Wildman–Crippen MR) is 154 cm³/mol. The molecular weight excluding hydrogens is 506 g/mol. The Kier molecular flexibility index (Phi) is 7.46. The molecule has 0 bridgehead atoms. The van der Waals surface area contributed by atoms with Gasteiger partial charge in [0.05, 0.1) is 18.3 Å². The number of hydrogen-bond acceptors (Lipinski definition) is 5. The predicted octanol–water partition coefficient (Wildman–Crippen LogP) is 4.74. The molecule has 1 aliphatic rings. The number of para-hydroxylation sites is 2. The molecule has 9 nitrogen and oxygen atoms in total. The van der Waals surface area contributed by atoms with E-state index in [1.807, 2.05) is 56.3 Å². The van der Waals surface area contributed by atoms with E-state index in [4.69, 9.17) is 4.74 Å². The number of hydrogen-bond donors (Lipinski definition) is 1. The lowest BCUT2D eigenvalue weighted by Crippen LogP contribution is -2.44. The van der Waals surface area contributed by atoms with Gasteiger partial charge in [0.15, 0.2) is 0 Å². The second-order valence-corrected chi connectivity index (χ2v) is 9.51. The monoisotopic (exact) mass is 535 g/mol. The highest BCUT2D eigenvalue weighted by Crippen LogP contribution is 2.26. The van der Waals surface area contributed by atoms with Crippen molar-refractivity contribution in [3.05, 3.63) is 103 Å². The van der Waals surface area contributed by atoms with Gasteiger partial charge in [-0.15, -0.1) is 0 Å². The molecule has 0 radical (unpaired) electrons. The summed E-state index contributed by atoms with van der Waals surface area (Å²) in [6.07, 6.45) is 4.50. The van der Waals surface area contributed by atoms with E-state index in [1.165, 1.54) is 28.3 Å². The van der Waals surface area contributed by atoms with E-state index in [2.05, 4.69) is 10.2 Å². The highest BCUT2D eigenvalue weighted by molar-refractivity contribution is 6.28. The van der Waals surface area contributed by atoms with Gasteiger partial charge in [-0.3, -0.25) is 24.4 Å². The molecule has 0 spiro atoms. The van der Waals surface area contributed by atoms with Crippen LogP contribution in [0.4, 0.5) is 11.4 Å². The Labute approximate surface area is 231 Å². The van der Waals surface area contributed by atoms with Gasteiger partial charge < -0.3 is 14.5 Å². The van der Waals surface area contributed by atoms with Crippen LogP contribution in [0.2, 0.25) is 0 Å². The lowest BCUT2D eigenvalue weighted by molar-refractivity contribution is -0.131. The number of anilines is 2. The highest BCUT2D eigenvalue weighted by Gasteiger charge is 2.33. The van der Waals surface area contributed by atoms with Crippen molar-refractivity contribution in [1.29, 1.82) is 0 Å². The van der Waals surface area contributed by atoms with E-state index in [0.29, 0.717) is 28.3 Å². The lowest BCUT2D eigenvalue weighted by Gasteiger charge is -2.29. The van der Waals surface area contributed by atoms with Crippen molar-refractivity contribution < 1.29 is 19.1 Å². The highest BCUT2D eigenvalue weighted by atomic mass is 16.5. The van der Waals surface area contributed by atoms with Crippen molar-refractivity contribution in [2.24, 2.45) is 0 Å². The van der Waals surface area contributed by atoms with Crippen LogP contribution in [-0.2, 0) is 14.4 Å². The third kappa shape index (κ3) is 5.22. The Morgan fingerprint density at radius 1 is 0.950 bits per heavy atom. The fraction of sp³-hybridized carbons (Fsp3) is 0.161. The van der Waals surface area contributed by atoms with E-state index in [1.54, 1.807) is 48.4 Å². The Bertz CT molecular complexity index is 1610. The number of aromatic amines is 1. The molecule has 3 aromatic carbocycles. The minimum atomic E-state index is -0.592. The number of nitrogens with one attached hydrogen (secondary N) is 1. The number of methoxy groups -OCH3 is 1. The van der Waals surface area contributed by atoms with E-state index < -0.39 is 11.8 Å². The van der Waals surface area contributed by atoms with Crippen LogP contribution in [0.25, 0.3) is 17.0 Å². The van der Waals surface area contributed by atoms with Crippen molar-refractivity contribution in [3.63, 3.8) is 0 Å². The van der Waals surface area contributed by atoms with Gasteiger partial charge in [0.25, 0.3) is 11.8 Å². The summed E-state index contributed by atoms with van der Waals surface area (Å²) in [5.74, 6) is -0.738. The van der Waals surface area contributed by atoms with Gasteiger partial charge >= 0.3 is 0 Å². The number of H-pyrrole nitrogens is 1. The zero-order valence-corrected chi connectivity index (χ0v) is 22.4. The summed E-state index contributed by atoms with van der Waals surface area (Å²) >= 11 is 0. The minimum Gasteiger partial charge on any atom is -0.497 e. The molecule has 202 valence electrons. The molecule has 0 saturated heterocycles. The molecule has 0 saturated carbocycles. The zero-order chi connectivity index (χ0) is 28.2. The maximum absolute atomic E-state index is 13.9. The van der Waals surface area contributed by atoms with Gasteiger partial charge in [0, 0.05) is 35.2 Å². The summed E-state index contributed by atoms with van der Waals surface area (Å²) in [7, 11) is 1.58. The van der Waals surface area contributed by atoms with Crippen molar-refractivity contribution in [2.45, 2.75) is 19.9 Å². The molecule has 1 aromatic heterocycles. The molecule has 0 fully saturated rings. The summed E-state index contributed by atoms with van der Waals surface area (Å²) in [5.41, 5.74) is 2.40. The second-order valence-electron chi connectivity index (χ2n) is 9.51. The van der Waals surface area contributed by atoms with Gasteiger partial charge in [0.2, 0.25) is 5.91 Å². The molecule has 9 heteroatoms. The smallest absolute Gasteiger partial charge is 0.268 e. The van der Waals surface area contributed by atoms with Gasteiger partial charge in [-0.1, -0.05) is 36.4 Å². The number of nitrogens with zero attached hydrogens (tertiary/aromatic N) is 4. The van der Waals surface area contributed by atoms with E-state index >= 15 is 0 Å². The molecule has 0 unspecified atom stereocenters.